The number of amides is 1. The number of fused-ring (bicyclic) bond motifs is 1. The van der Waals surface area contributed by atoms with Gasteiger partial charge in [0.2, 0.25) is 0 Å². The molecule has 0 bridgehead atoms. The van der Waals surface area contributed by atoms with Crippen LogP contribution in [-0.4, -0.2) is 52.6 Å². The second-order valence-electron chi connectivity index (χ2n) is 6.17. The van der Waals surface area contributed by atoms with E-state index in [-0.39, 0.29) is 12.5 Å². The van der Waals surface area contributed by atoms with Gasteiger partial charge in [0, 0.05) is 0 Å². The summed E-state index contributed by atoms with van der Waals surface area (Å²) in [6.07, 6.45) is 0.428. The van der Waals surface area contributed by atoms with Crippen LogP contribution in [0.2, 0.25) is 0 Å². The van der Waals surface area contributed by atoms with E-state index in [1.807, 2.05) is 26.0 Å². The van der Waals surface area contributed by atoms with Crippen molar-refractivity contribution in [1.29, 1.82) is 0 Å². The molecule has 1 N–H and O–H groups in total. The number of nitrogens with one attached hydrogen (secondary N) is 1. The SMILES string of the molecule is COC(=O)C(CC(C)C)NC(=O)COC(=O)Cn1nnc2ccccc21. The minimum Gasteiger partial charge on any atom is -0.467 e. The third kappa shape index (κ3) is 5.27. The molecule has 1 heterocycles. The lowest BCUT2D eigenvalue weighted by Crippen LogP contribution is -2.44. The number of carbonyl (C=O) groups is 3. The molecule has 1 aromatic heterocycles. The van der Waals surface area contributed by atoms with Gasteiger partial charge in [0.1, 0.15) is 18.1 Å². The van der Waals surface area contributed by atoms with Gasteiger partial charge in [-0.05, 0) is 24.5 Å². The Morgan fingerprint density at radius 3 is 2.65 bits per heavy atom. The summed E-state index contributed by atoms with van der Waals surface area (Å²) in [6.45, 7) is 3.19. The maximum Gasteiger partial charge on any atom is 0.328 e. The van der Waals surface area contributed by atoms with Gasteiger partial charge in [0.15, 0.2) is 6.61 Å². The summed E-state index contributed by atoms with van der Waals surface area (Å²) in [5.74, 6) is -1.55. The lowest BCUT2D eigenvalue weighted by atomic mass is 10.0. The highest BCUT2D eigenvalue weighted by atomic mass is 16.5. The minimum atomic E-state index is -0.773. The van der Waals surface area contributed by atoms with Crippen molar-refractivity contribution in [3.05, 3.63) is 24.3 Å². The first-order valence-corrected chi connectivity index (χ1v) is 8.21. The van der Waals surface area contributed by atoms with E-state index in [0.29, 0.717) is 17.5 Å². The number of methoxy groups -OCH3 is 1. The zero-order chi connectivity index (χ0) is 19.1. The molecule has 1 atom stereocenters. The smallest absolute Gasteiger partial charge is 0.328 e. The molecular weight excluding hydrogens is 340 g/mol. The predicted molar refractivity (Wildman–Crippen MR) is 91.9 cm³/mol. The van der Waals surface area contributed by atoms with Crippen LogP contribution in [0, 0.1) is 5.92 Å². The van der Waals surface area contributed by atoms with Crippen LogP contribution < -0.4 is 5.32 Å². The zero-order valence-electron chi connectivity index (χ0n) is 15.0. The Balaban J connectivity index is 1.86. The number of aromatic nitrogens is 3. The van der Waals surface area contributed by atoms with Crippen LogP contribution >= 0.6 is 0 Å². The second-order valence-corrected chi connectivity index (χ2v) is 6.17. The largest absolute Gasteiger partial charge is 0.467 e. The average Bonchev–Trinajstić information content (AvgIpc) is 3.01. The van der Waals surface area contributed by atoms with Crippen LogP contribution in [0.5, 0.6) is 0 Å². The van der Waals surface area contributed by atoms with Gasteiger partial charge in [-0.25, -0.2) is 9.48 Å². The van der Waals surface area contributed by atoms with E-state index in [9.17, 15) is 14.4 Å². The van der Waals surface area contributed by atoms with Gasteiger partial charge in [0.25, 0.3) is 5.91 Å². The third-order valence-electron chi connectivity index (χ3n) is 3.59. The van der Waals surface area contributed by atoms with Crippen molar-refractivity contribution < 1.29 is 23.9 Å². The number of carbonyl (C=O) groups excluding carboxylic acids is 3. The lowest BCUT2D eigenvalue weighted by molar-refractivity contribution is -0.151. The number of nitrogens with zero attached hydrogens (tertiary/aromatic N) is 3. The van der Waals surface area contributed by atoms with Gasteiger partial charge in [-0.2, -0.15) is 0 Å². The third-order valence-corrected chi connectivity index (χ3v) is 3.59. The maximum atomic E-state index is 11.9. The van der Waals surface area contributed by atoms with Gasteiger partial charge < -0.3 is 14.8 Å². The van der Waals surface area contributed by atoms with Crippen molar-refractivity contribution in [3.63, 3.8) is 0 Å². The summed E-state index contributed by atoms with van der Waals surface area (Å²) in [4.78, 5) is 35.6. The van der Waals surface area contributed by atoms with E-state index in [2.05, 4.69) is 20.4 Å². The van der Waals surface area contributed by atoms with Gasteiger partial charge in [-0.1, -0.05) is 31.2 Å². The normalized spacial score (nSPS) is 12.0. The fourth-order valence-corrected chi connectivity index (χ4v) is 2.41. The molecule has 1 amide bonds. The fourth-order valence-electron chi connectivity index (χ4n) is 2.41. The first kappa shape index (κ1) is 19.4. The number of esters is 2. The Morgan fingerprint density at radius 1 is 1.23 bits per heavy atom. The van der Waals surface area contributed by atoms with E-state index >= 15 is 0 Å². The van der Waals surface area contributed by atoms with Crippen LogP contribution in [0.4, 0.5) is 0 Å². The molecule has 140 valence electrons. The van der Waals surface area contributed by atoms with E-state index in [0.717, 1.165) is 0 Å². The molecule has 0 aliphatic carbocycles. The number of para-hydroxylation sites is 1. The summed E-state index contributed by atoms with van der Waals surface area (Å²) < 4.78 is 11.0. The predicted octanol–water partition coefficient (Wildman–Crippen LogP) is 0.678. The molecule has 1 aromatic carbocycles. The molecule has 0 saturated heterocycles. The Morgan fingerprint density at radius 2 is 1.96 bits per heavy atom. The molecule has 1 unspecified atom stereocenters. The summed E-state index contributed by atoms with van der Waals surface area (Å²) in [7, 11) is 1.25. The highest BCUT2D eigenvalue weighted by molar-refractivity contribution is 5.86. The summed E-state index contributed by atoms with van der Waals surface area (Å²) in [5.41, 5.74) is 1.35. The Bertz CT molecular complexity index is 786. The van der Waals surface area contributed by atoms with Crippen molar-refractivity contribution in [3.8, 4) is 0 Å². The van der Waals surface area contributed by atoms with Crippen molar-refractivity contribution in [2.75, 3.05) is 13.7 Å². The molecular formula is C17H22N4O5. The molecule has 0 spiro atoms. The maximum absolute atomic E-state index is 11.9. The summed E-state index contributed by atoms with van der Waals surface area (Å²) in [6, 6.07) is 6.41. The highest BCUT2D eigenvalue weighted by Gasteiger charge is 2.23. The molecule has 2 rings (SSSR count). The highest BCUT2D eigenvalue weighted by Crippen LogP contribution is 2.09. The fraction of sp³-hybridized carbons (Fsp3) is 0.471. The lowest BCUT2D eigenvalue weighted by Gasteiger charge is -2.18. The second kappa shape index (κ2) is 8.93. The van der Waals surface area contributed by atoms with Crippen molar-refractivity contribution in [1.82, 2.24) is 20.3 Å². The first-order valence-electron chi connectivity index (χ1n) is 8.21. The van der Waals surface area contributed by atoms with Crippen molar-refractivity contribution >= 4 is 28.9 Å². The quantitative estimate of drug-likeness (QED) is 0.687. The van der Waals surface area contributed by atoms with E-state index in [1.165, 1.54) is 11.8 Å². The molecule has 26 heavy (non-hydrogen) atoms. The molecule has 0 saturated carbocycles. The Hall–Kier alpha value is -2.97. The zero-order valence-corrected chi connectivity index (χ0v) is 15.0. The van der Waals surface area contributed by atoms with Crippen LogP contribution in [0.3, 0.4) is 0 Å². The topological polar surface area (TPSA) is 112 Å². The monoisotopic (exact) mass is 362 g/mol. The van der Waals surface area contributed by atoms with E-state index in [1.54, 1.807) is 12.1 Å². The average molecular weight is 362 g/mol. The van der Waals surface area contributed by atoms with Crippen LogP contribution in [-0.2, 0) is 30.4 Å². The molecule has 0 aliphatic heterocycles. The Labute approximate surface area is 150 Å². The number of benzene rings is 1. The first-order chi connectivity index (χ1) is 12.4. The van der Waals surface area contributed by atoms with Crippen molar-refractivity contribution in [2.24, 2.45) is 5.92 Å². The summed E-state index contributed by atoms with van der Waals surface area (Å²) >= 11 is 0. The molecule has 0 radical (unpaired) electrons. The number of ether oxygens (including phenoxy) is 2. The molecule has 9 heteroatoms. The van der Waals surface area contributed by atoms with Gasteiger partial charge >= 0.3 is 11.9 Å². The van der Waals surface area contributed by atoms with Gasteiger partial charge in [-0.15, -0.1) is 5.10 Å². The standard InChI is InChI=1S/C17H22N4O5/c1-11(2)8-13(17(24)25-3)18-15(22)10-26-16(23)9-21-14-7-5-4-6-12(14)19-20-21/h4-7,11,13H,8-10H2,1-3H3,(H,18,22). The van der Waals surface area contributed by atoms with Gasteiger partial charge in [-0.3, -0.25) is 9.59 Å². The van der Waals surface area contributed by atoms with E-state index < -0.39 is 30.5 Å². The van der Waals surface area contributed by atoms with Crippen molar-refractivity contribution in [2.45, 2.75) is 32.9 Å². The molecule has 0 fully saturated rings. The number of hydrogen-bond acceptors (Lipinski definition) is 7. The molecule has 2 aromatic rings. The summed E-state index contributed by atoms with van der Waals surface area (Å²) in [5, 5.41) is 10.3. The molecule has 9 nitrogen and oxygen atoms in total. The number of hydrogen-bond donors (Lipinski definition) is 1. The number of rotatable bonds is 8. The Kier molecular flexibility index (Phi) is 6.65. The van der Waals surface area contributed by atoms with E-state index in [4.69, 9.17) is 4.74 Å². The van der Waals surface area contributed by atoms with Crippen LogP contribution in [0.15, 0.2) is 24.3 Å². The molecule has 0 aliphatic rings. The van der Waals surface area contributed by atoms with Crippen LogP contribution in [0.1, 0.15) is 20.3 Å². The van der Waals surface area contributed by atoms with Crippen LogP contribution in [0.25, 0.3) is 11.0 Å². The van der Waals surface area contributed by atoms with Gasteiger partial charge in [0.05, 0.1) is 12.6 Å². The minimum absolute atomic E-state index is 0.166.